The van der Waals surface area contributed by atoms with E-state index >= 15 is 0 Å². The summed E-state index contributed by atoms with van der Waals surface area (Å²) in [5, 5.41) is 0. The molecular formula is C18H24N4. The standard InChI is InChI=1S/C18H24N4/c1-4-22-10-6-5-9-21(3)18-17(22)8-7-16(20-18)15-11-14(2)12-19-13-15/h7-8,11-13H,4-6,9-10H2,1-3H3. The van der Waals surface area contributed by atoms with Crippen LogP contribution >= 0.6 is 0 Å². The highest BCUT2D eigenvalue weighted by molar-refractivity contribution is 5.72. The highest BCUT2D eigenvalue weighted by Gasteiger charge is 2.18. The van der Waals surface area contributed by atoms with E-state index in [1.165, 1.54) is 18.5 Å². The third kappa shape index (κ3) is 2.91. The molecule has 0 bridgehead atoms. The molecule has 116 valence electrons. The Balaban J connectivity index is 2.06. The molecule has 0 spiro atoms. The molecule has 4 nitrogen and oxygen atoms in total. The quantitative estimate of drug-likeness (QED) is 0.849. The molecule has 2 aromatic heterocycles. The molecule has 0 aromatic carbocycles. The Bertz CT molecular complexity index is 653. The minimum atomic E-state index is 0.999. The van der Waals surface area contributed by atoms with Gasteiger partial charge in [-0.15, -0.1) is 0 Å². The van der Waals surface area contributed by atoms with Gasteiger partial charge in [0.2, 0.25) is 0 Å². The number of rotatable bonds is 2. The second-order valence-corrected chi connectivity index (χ2v) is 6.00. The fourth-order valence-electron chi connectivity index (χ4n) is 3.03. The third-order valence-corrected chi connectivity index (χ3v) is 4.28. The van der Waals surface area contributed by atoms with Crippen molar-refractivity contribution < 1.29 is 0 Å². The van der Waals surface area contributed by atoms with E-state index in [9.17, 15) is 0 Å². The van der Waals surface area contributed by atoms with Gasteiger partial charge < -0.3 is 9.80 Å². The summed E-state index contributed by atoms with van der Waals surface area (Å²) in [6.07, 6.45) is 6.22. The first-order valence-corrected chi connectivity index (χ1v) is 8.08. The average Bonchev–Trinajstić information content (AvgIpc) is 2.53. The van der Waals surface area contributed by atoms with E-state index in [2.05, 4.69) is 53.9 Å². The van der Waals surface area contributed by atoms with E-state index in [0.717, 1.165) is 42.3 Å². The van der Waals surface area contributed by atoms with Crippen molar-refractivity contribution in [2.75, 3.05) is 36.5 Å². The molecule has 3 heterocycles. The predicted molar refractivity (Wildman–Crippen MR) is 92.6 cm³/mol. The number of aromatic nitrogens is 2. The van der Waals surface area contributed by atoms with Crippen LogP contribution in [-0.2, 0) is 0 Å². The van der Waals surface area contributed by atoms with Crippen LogP contribution < -0.4 is 9.80 Å². The fraction of sp³-hybridized carbons (Fsp3) is 0.444. The van der Waals surface area contributed by atoms with Crippen LogP contribution in [0.15, 0.2) is 30.6 Å². The van der Waals surface area contributed by atoms with E-state index < -0.39 is 0 Å². The largest absolute Gasteiger partial charge is 0.369 e. The highest BCUT2D eigenvalue weighted by atomic mass is 15.2. The molecule has 2 aromatic rings. The molecule has 1 aliphatic heterocycles. The Morgan fingerprint density at radius 1 is 1.14 bits per heavy atom. The zero-order chi connectivity index (χ0) is 15.5. The molecule has 0 aliphatic carbocycles. The summed E-state index contributed by atoms with van der Waals surface area (Å²) in [6, 6.07) is 6.47. The summed E-state index contributed by atoms with van der Waals surface area (Å²) in [6.45, 7) is 7.48. The lowest BCUT2D eigenvalue weighted by Gasteiger charge is -2.32. The zero-order valence-corrected chi connectivity index (χ0v) is 13.7. The van der Waals surface area contributed by atoms with Crippen LogP contribution in [0.4, 0.5) is 11.5 Å². The van der Waals surface area contributed by atoms with Crippen LogP contribution in [0.2, 0.25) is 0 Å². The summed E-state index contributed by atoms with van der Waals surface area (Å²) < 4.78 is 0. The van der Waals surface area contributed by atoms with Crippen molar-refractivity contribution in [1.82, 2.24) is 9.97 Å². The number of anilines is 2. The Morgan fingerprint density at radius 2 is 1.95 bits per heavy atom. The number of nitrogens with zero attached hydrogens (tertiary/aromatic N) is 4. The SMILES string of the molecule is CCN1CCCCN(C)c2nc(-c3cncc(C)c3)ccc21. The molecule has 0 radical (unpaired) electrons. The van der Waals surface area contributed by atoms with Crippen molar-refractivity contribution in [3.05, 3.63) is 36.2 Å². The molecule has 1 aliphatic rings. The first-order valence-electron chi connectivity index (χ1n) is 8.08. The summed E-state index contributed by atoms with van der Waals surface area (Å²) in [4.78, 5) is 14.0. The number of aryl methyl sites for hydroxylation is 1. The van der Waals surface area contributed by atoms with Crippen LogP contribution in [0.3, 0.4) is 0 Å². The van der Waals surface area contributed by atoms with Gasteiger partial charge >= 0.3 is 0 Å². The summed E-state index contributed by atoms with van der Waals surface area (Å²) >= 11 is 0. The number of pyridine rings is 2. The molecule has 0 fully saturated rings. The Labute approximate surface area is 132 Å². The van der Waals surface area contributed by atoms with Crippen molar-refractivity contribution in [3.8, 4) is 11.3 Å². The Morgan fingerprint density at radius 3 is 2.73 bits per heavy atom. The zero-order valence-electron chi connectivity index (χ0n) is 13.7. The molecule has 0 saturated carbocycles. The summed E-state index contributed by atoms with van der Waals surface area (Å²) in [5.41, 5.74) is 4.49. The first-order chi connectivity index (χ1) is 10.7. The molecule has 4 heteroatoms. The molecule has 0 unspecified atom stereocenters. The average molecular weight is 296 g/mol. The second kappa shape index (κ2) is 6.34. The van der Waals surface area contributed by atoms with Gasteiger partial charge in [0.15, 0.2) is 5.82 Å². The van der Waals surface area contributed by atoms with Crippen LogP contribution in [0.25, 0.3) is 11.3 Å². The smallest absolute Gasteiger partial charge is 0.152 e. The third-order valence-electron chi connectivity index (χ3n) is 4.28. The monoisotopic (exact) mass is 296 g/mol. The maximum Gasteiger partial charge on any atom is 0.152 e. The first kappa shape index (κ1) is 14.8. The van der Waals surface area contributed by atoms with Gasteiger partial charge in [0, 0.05) is 44.6 Å². The lowest BCUT2D eigenvalue weighted by Crippen LogP contribution is -2.31. The summed E-state index contributed by atoms with van der Waals surface area (Å²) in [7, 11) is 2.14. The number of hydrogen-bond donors (Lipinski definition) is 0. The van der Waals surface area contributed by atoms with E-state index in [-0.39, 0.29) is 0 Å². The topological polar surface area (TPSA) is 32.3 Å². The van der Waals surface area contributed by atoms with Gasteiger partial charge in [0.25, 0.3) is 0 Å². The number of hydrogen-bond acceptors (Lipinski definition) is 4. The van der Waals surface area contributed by atoms with Gasteiger partial charge in [0.05, 0.1) is 11.4 Å². The second-order valence-electron chi connectivity index (χ2n) is 6.00. The molecule has 3 rings (SSSR count). The molecule has 0 atom stereocenters. The Hall–Kier alpha value is -2.10. The van der Waals surface area contributed by atoms with Crippen molar-refractivity contribution in [3.63, 3.8) is 0 Å². The van der Waals surface area contributed by atoms with Gasteiger partial charge in [-0.3, -0.25) is 4.98 Å². The van der Waals surface area contributed by atoms with Gasteiger partial charge in [0.1, 0.15) is 0 Å². The van der Waals surface area contributed by atoms with Crippen LogP contribution in [-0.4, -0.2) is 36.6 Å². The van der Waals surface area contributed by atoms with Gasteiger partial charge in [-0.25, -0.2) is 4.98 Å². The van der Waals surface area contributed by atoms with E-state index in [4.69, 9.17) is 4.98 Å². The van der Waals surface area contributed by atoms with Crippen LogP contribution in [0.1, 0.15) is 25.3 Å². The molecular weight excluding hydrogens is 272 g/mol. The minimum absolute atomic E-state index is 0.999. The van der Waals surface area contributed by atoms with Crippen molar-refractivity contribution in [2.45, 2.75) is 26.7 Å². The van der Waals surface area contributed by atoms with Gasteiger partial charge in [-0.05, 0) is 50.5 Å². The van der Waals surface area contributed by atoms with E-state index in [1.807, 2.05) is 12.4 Å². The molecule has 0 amide bonds. The number of fused-ring (bicyclic) bond motifs is 1. The normalized spacial score (nSPS) is 15.2. The Kier molecular flexibility index (Phi) is 4.27. The van der Waals surface area contributed by atoms with Crippen molar-refractivity contribution >= 4 is 11.5 Å². The maximum absolute atomic E-state index is 4.95. The highest BCUT2D eigenvalue weighted by Crippen LogP contribution is 2.32. The van der Waals surface area contributed by atoms with Gasteiger partial charge in [-0.1, -0.05) is 0 Å². The van der Waals surface area contributed by atoms with E-state index in [0.29, 0.717) is 0 Å². The van der Waals surface area contributed by atoms with Crippen molar-refractivity contribution in [1.29, 1.82) is 0 Å². The molecule has 0 N–H and O–H groups in total. The predicted octanol–water partition coefficient (Wildman–Crippen LogP) is 3.51. The summed E-state index contributed by atoms with van der Waals surface area (Å²) in [5.74, 6) is 1.08. The fourth-order valence-corrected chi connectivity index (χ4v) is 3.03. The van der Waals surface area contributed by atoms with E-state index in [1.54, 1.807) is 0 Å². The maximum atomic E-state index is 4.95. The molecule has 22 heavy (non-hydrogen) atoms. The molecule has 0 saturated heterocycles. The van der Waals surface area contributed by atoms with Gasteiger partial charge in [-0.2, -0.15) is 0 Å². The van der Waals surface area contributed by atoms with Crippen LogP contribution in [0, 0.1) is 6.92 Å². The minimum Gasteiger partial charge on any atom is -0.369 e. The lowest BCUT2D eigenvalue weighted by molar-refractivity contribution is 0.667. The lowest BCUT2D eigenvalue weighted by atomic mass is 10.1. The van der Waals surface area contributed by atoms with Crippen molar-refractivity contribution in [2.24, 2.45) is 0 Å². The van der Waals surface area contributed by atoms with Crippen LogP contribution in [0.5, 0.6) is 0 Å².